The normalized spacial score (nSPS) is 11.7. The third kappa shape index (κ3) is 2.12. The summed E-state index contributed by atoms with van der Waals surface area (Å²) in [5, 5.41) is 0. The minimum absolute atomic E-state index is 0.00968. The van der Waals surface area contributed by atoms with E-state index in [0.29, 0.717) is 5.56 Å². The van der Waals surface area contributed by atoms with Crippen molar-refractivity contribution >= 4 is 5.69 Å². The van der Waals surface area contributed by atoms with Gasteiger partial charge in [-0.05, 0) is 23.8 Å². The highest BCUT2D eigenvalue weighted by Crippen LogP contribution is 2.30. The molecule has 0 spiro atoms. The van der Waals surface area contributed by atoms with Crippen molar-refractivity contribution in [2.45, 2.75) is 12.7 Å². The Kier molecular flexibility index (Phi) is 2.47. The monoisotopic (exact) mass is 190 g/mol. The molecule has 4 N–H and O–H groups in total. The Morgan fingerprint density at radius 1 is 1.23 bits per heavy atom. The molecule has 0 atom stereocenters. The Morgan fingerprint density at radius 2 is 1.85 bits per heavy atom. The molecule has 0 aliphatic rings. The van der Waals surface area contributed by atoms with Gasteiger partial charge >= 0.3 is 6.18 Å². The van der Waals surface area contributed by atoms with Gasteiger partial charge in [-0.25, -0.2) is 0 Å². The van der Waals surface area contributed by atoms with Crippen molar-refractivity contribution in [3.63, 3.8) is 0 Å². The lowest BCUT2D eigenvalue weighted by Crippen LogP contribution is -2.08. The van der Waals surface area contributed by atoms with Gasteiger partial charge in [-0.1, -0.05) is 0 Å². The van der Waals surface area contributed by atoms with Crippen LogP contribution in [-0.4, -0.2) is 0 Å². The molecular weight excluding hydrogens is 181 g/mol. The van der Waals surface area contributed by atoms with Crippen molar-refractivity contribution in [3.8, 4) is 0 Å². The van der Waals surface area contributed by atoms with E-state index in [9.17, 15) is 13.2 Å². The van der Waals surface area contributed by atoms with Gasteiger partial charge in [-0.3, -0.25) is 0 Å². The van der Waals surface area contributed by atoms with Crippen molar-refractivity contribution in [1.29, 1.82) is 0 Å². The van der Waals surface area contributed by atoms with Crippen molar-refractivity contribution in [2.24, 2.45) is 5.73 Å². The third-order valence-corrected chi connectivity index (χ3v) is 1.69. The molecule has 13 heavy (non-hydrogen) atoms. The van der Waals surface area contributed by atoms with Crippen molar-refractivity contribution in [1.82, 2.24) is 0 Å². The highest BCUT2D eigenvalue weighted by atomic mass is 19.4. The summed E-state index contributed by atoms with van der Waals surface area (Å²) in [5.74, 6) is 0. The number of rotatable bonds is 1. The Bertz CT molecular complexity index is 307. The summed E-state index contributed by atoms with van der Waals surface area (Å²) < 4.78 is 36.5. The maximum absolute atomic E-state index is 12.2. The van der Waals surface area contributed by atoms with Crippen molar-refractivity contribution < 1.29 is 13.2 Å². The summed E-state index contributed by atoms with van der Waals surface area (Å²) in [6.07, 6.45) is -4.34. The molecule has 0 saturated carbocycles. The van der Waals surface area contributed by atoms with Crippen LogP contribution in [0.5, 0.6) is 0 Å². The standard InChI is InChI=1S/C8H9F3N2/c9-8(10,11)6-1-2-7(13)5(3-6)4-12/h1-3H,4,12-13H2. The highest BCUT2D eigenvalue weighted by Gasteiger charge is 2.30. The molecule has 0 fully saturated rings. The molecular formula is C8H9F3N2. The van der Waals surface area contributed by atoms with Gasteiger partial charge in [0, 0.05) is 12.2 Å². The predicted molar refractivity (Wildman–Crippen MR) is 43.7 cm³/mol. The molecule has 0 heterocycles. The van der Waals surface area contributed by atoms with Gasteiger partial charge in [0.15, 0.2) is 0 Å². The Morgan fingerprint density at radius 3 is 2.31 bits per heavy atom. The average Bonchev–Trinajstić information content (AvgIpc) is 2.03. The highest BCUT2D eigenvalue weighted by molar-refractivity contribution is 5.49. The summed E-state index contributed by atoms with van der Waals surface area (Å²) in [5.41, 5.74) is 10.5. The van der Waals surface area contributed by atoms with Crippen LogP contribution >= 0.6 is 0 Å². The van der Waals surface area contributed by atoms with Crippen LogP contribution in [0.25, 0.3) is 0 Å². The lowest BCUT2D eigenvalue weighted by Gasteiger charge is -2.09. The first kappa shape index (κ1) is 9.85. The zero-order chi connectivity index (χ0) is 10.1. The Labute approximate surface area is 73.3 Å². The lowest BCUT2D eigenvalue weighted by atomic mass is 10.1. The molecule has 72 valence electrons. The first-order valence-electron chi connectivity index (χ1n) is 3.61. The summed E-state index contributed by atoms with van der Waals surface area (Å²) in [4.78, 5) is 0. The van der Waals surface area contributed by atoms with Crippen LogP contribution in [0.1, 0.15) is 11.1 Å². The number of benzene rings is 1. The molecule has 1 aromatic rings. The smallest absolute Gasteiger partial charge is 0.398 e. The van der Waals surface area contributed by atoms with Crippen LogP contribution in [0.15, 0.2) is 18.2 Å². The molecule has 2 nitrogen and oxygen atoms in total. The average molecular weight is 190 g/mol. The maximum atomic E-state index is 12.2. The van der Waals surface area contributed by atoms with Crippen LogP contribution in [0.2, 0.25) is 0 Å². The molecule has 0 aliphatic carbocycles. The fourth-order valence-electron chi connectivity index (χ4n) is 0.959. The van der Waals surface area contributed by atoms with E-state index in [1.165, 1.54) is 6.07 Å². The fourth-order valence-corrected chi connectivity index (χ4v) is 0.959. The molecule has 0 bridgehead atoms. The topological polar surface area (TPSA) is 52.0 Å². The van der Waals surface area contributed by atoms with E-state index in [1.54, 1.807) is 0 Å². The van der Waals surface area contributed by atoms with Gasteiger partial charge in [0.1, 0.15) is 0 Å². The van der Waals surface area contributed by atoms with Gasteiger partial charge in [0.05, 0.1) is 5.56 Å². The molecule has 0 aliphatic heterocycles. The Hall–Kier alpha value is -1.23. The largest absolute Gasteiger partial charge is 0.416 e. The predicted octanol–water partition coefficient (Wildman–Crippen LogP) is 1.75. The van der Waals surface area contributed by atoms with E-state index in [-0.39, 0.29) is 12.2 Å². The SMILES string of the molecule is NCc1cc(C(F)(F)F)ccc1N. The number of nitrogen functional groups attached to an aromatic ring is 1. The van der Waals surface area contributed by atoms with Crippen LogP contribution < -0.4 is 11.5 Å². The first-order chi connectivity index (χ1) is 5.95. The summed E-state index contributed by atoms with van der Waals surface area (Å²) in [7, 11) is 0. The second-order valence-corrected chi connectivity index (χ2v) is 2.62. The quantitative estimate of drug-likeness (QED) is 0.663. The zero-order valence-corrected chi connectivity index (χ0v) is 6.73. The zero-order valence-electron chi connectivity index (χ0n) is 6.73. The van der Waals surface area contributed by atoms with E-state index in [0.717, 1.165) is 12.1 Å². The van der Waals surface area contributed by atoms with Crippen LogP contribution in [0, 0.1) is 0 Å². The second-order valence-electron chi connectivity index (χ2n) is 2.62. The molecule has 0 radical (unpaired) electrons. The van der Waals surface area contributed by atoms with E-state index in [2.05, 4.69) is 0 Å². The summed E-state index contributed by atoms with van der Waals surface area (Å²) in [6, 6.07) is 3.12. The molecule has 0 amide bonds. The van der Waals surface area contributed by atoms with E-state index >= 15 is 0 Å². The molecule has 0 saturated heterocycles. The van der Waals surface area contributed by atoms with Gasteiger partial charge in [0.2, 0.25) is 0 Å². The number of hydrogen-bond acceptors (Lipinski definition) is 2. The first-order valence-corrected chi connectivity index (χ1v) is 3.61. The maximum Gasteiger partial charge on any atom is 0.416 e. The van der Waals surface area contributed by atoms with Crippen molar-refractivity contribution in [2.75, 3.05) is 5.73 Å². The van der Waals surface area contributed by atoms with Crippen molar-refractivity contribution in [3.05, 3.63) is 29.3 Å². The Balaban J connectivity index is 3.14. The number of anilines is 1. The molecule has 1 aromatic carbocycles. The van der Waals surface area contributed by atoms with Gasteiger partial charge in [-0.15, -0.1) is 0 Å². The fraction of sp³-hybridized carbons (Fsp3) is 0.250. The molecule has 0 aromatic heterocycles. The molecule has 1 rings (SSSR count). The third-order valence-electron chi connectivity index (χ3n) is 1.69. The van der Waals surface area contributed by atoms with E-state index in [1.807, 2.05) is 0 Å². The van der Waals surface area contributed by atoms with Gasteiger partial charge < -0.3 is 11.5 Å². The minimum atomic E-state index is -4.34. The number of hydrogen-bond donors (Lipinski definition) is 2. The van der Waals surface area contributed by atoms with Crippen LogP contribution in [-0.2, 0) is 12.7 Å². The van der Waals surface area contributed by atoms with Crippen LogP contribution in [0.3, 0.4) is 0 Å². The van der Waals surface area contributed by atoms with Gasteiger partial charge in [0.25, 0.3) is 0 Å². The minimum Gasteiger partial charge on any atom is -0.398 e. The second kappa shape index (κ2) is 3.26. The number of nitrogens with two attached hydrogens (primary N) is 2. The number of halogens is 3. The number of alkyl halides is 3. The molecule has 0 unspecified atom stereocenters. The van der Waals surface area contributed by atoms with Gasteiger partial charge in [-0.2, -0.15) is 13.2 Å². The van der Waals surface area contributed by atoms with E-state index in [4.69, 9.17) is 11.5 Å². The molecule has 5 heteroatoms. The lowest BCUT2D eigenvalue weighted by molar-refractivity contribution is -0.137. The summed E-state index contributed by atoms with van der Waals surface area (Å²) in [6.45, 7) is 0.00968. The van der Waals surface area contributed by atoms with Crippen LogP contribution in [0.4, 0.5) is 18.9 Å². The summed E-state index contributed by atoms with van der Waals surface area (Å²) >= 11 is 0. The van der Waals surface area contributed by atoms with E-state index < -0.39 is 11.7 Å².